The molecule has 1 fully saturated rings. The Hall–Kier alpha value is -2.60. The highest BCUT2D eigenvalue weighted by atomic mass is 32.2. The highest BCUT2D eigenvalue weighted by Gasteiger charge is 2.39. The summed E-state index contributed by atoms with van der Waals surface area (Å²) in [4.78, 5) is 18.0. The van der Waals surface area contributed by atoms with Crippen LogP contribution in [0.4, 0.5) is 0 Å². The van der Waals surface area contributed by atoms with Crippen molar-refractivity contribution in [3.05, 3.63) is 59.8 Å². The first kappa shape index (κ1) is 17.8. The van der Waals surface area contributed by atoms with Gasteiger partial charge in [-0.25, -0.2) is 0 Å². The number of benzene rings is 2. The number of carbonyl (C=O) groups is 1. The van der Waals surface area contributed by atoms with E-state index >= 15 is 0 Å². The van der Waals surface area contributed by atoms with Crippen molar-refractivity contribution in [2.24, 2.45) is 0 Å². The summed E-state index contributed by atoms with van der Waals surface area (Å²) in [6, 6.07) is 14.0. The lowest BCUT2D eigenvalue weighted by atomic mass is 10.0. The number of thioether (sulfide) groups is 1. The summed E-state index contributed by atoms with van der Waals surface area (Å²) in [5.74, 6) is 2.04. The Morgan fingerprint density at radius 3 is 2.59 bits per heavy atom. The predicted octanol–water partition coefficient (Wildman–Crippen LogP) is 4.52. The quantitative estimate of drug-likeness (QED) is 0.705. The second-order valence-electron chi connectivity index (χ2n) is 6.54. The van der Waals surface area contributed by atoms with Crippen LogP contribution >= 0.6 is 11.8 Å². The molecule has 0 bridgehead atoms. The van der Waals surface area contributed by atoms with Gasteiger partial charge < -0.3 is 19.4 Å². The number of hydrogen-bond donors (Lipinski definition) is 1. The summed E-state index contributed by atoms with van der Waals surface area (Å²) in [6.07, 6.45) is 1.93. The van der Waals surface area contributed by atoms with Gasteiger partial charge in [-0.15, -0.1) is 11.8 Å². The van der Waals surface area contributed by atoms with Crippen LogP contribution in [-0.4, -0.2) is 35.8 Å². The molecule has 1 aliphatic rings. The largest absolute Gasteiger partial charge is 0.496 e. The summed E-state index contributed by atoms with van der Waals surface area (Å²) < 4.78 is 11.2. The molecule has 140 valence electrons. The number of carbonyl (C=O) groups excluding carboxylic acids is 1. The predicted molar refractivity (Wildman–Crippen MR) is 108 cm³/mol. The van der Waals surface area contributed by atoms with Crippen LogP contribution in [0, 0.1) is 0 Å². The van der Waals surface area contributed by atoms with Crippen molar-refractivity contribution in [2.45, 2.75) is 18.3 Å². The molecular formula is C21H22N2O3S. The van der Waals surface area contributed by atoms with E-state index in [1.165, 1.54) is 0 Å². The third-order valence-electron chi connectivity index (χ3n) is 5.10. The molecule has 0 spiro atoms. The van der Waals surface area contributed by atoms with E-state index in [-0.39, 0.29) is 17.3 Å². The van der Waals surface area contributed by atoms with E-state index in [1.807, 2.05) is 35.4 Å². The molecule has 2 atom stereocenters. The summed E-state index contributed by atoms with van der Waals surface area (Å²) in [6.45, 7) is 2.07. The van der Waals surface area contributed by atoms with Gasteiger partial charge in [0.2, 0.25) is 5.91 Å². The van der Waals surface area contributed by atoms with Gasteiger partial charge in [-0.05, 0) is 42.1 Å². The highest BCUT2D eigenvalue weighted by Crippen LogP contribution is 2.49. The van der Waals surface area contributed by atoms with Crippen LogP contribution in [0.2, 0.25) is 0 Å². The Labute approximate surface area is 162 Å². The lowest BCUT2D eigenvalue weighted by Gasteiger charge is -2.32. The topological polar surface area (TPSA) is 54.6 Å². The third kappa shape index (κ3) is 3.04. The summed E-state index contributed by atoms with van der Waals surface area (Å²) in [7, 11) is 3.29. The second kappa shape index (κ2) is 7.19. The van der Waals surface area contributed by atoms with Gasteiger partial charge in [0, 0.05) is 11.7 Å². The molecule has 4 rings (SSSR count). The van der Waals surface area contributed by atoms with E-state index in [0.717, 1.165) is 33.5 Å². The molecule has 0 aliphatic carbocycles. The molecule has 0 radical (unpaired) electrons. The number of hydrogen-bond acceptors (Lipinski definition) is 4. The molecule has 3 aromatic rings. The van der Waals surface area contributed by atoms with Crippen LogP contribution < -0.4 is 9.47 Å². The Morgan fingerprint density at radius 2 is 1.89 bits per heavy atom. The van der Waals surface area contributed by atoms with Crippen LogP contribution in [0.1, 0.15) is 29.5 Å². The number of H-pyrrole nitrogens is 1. The van der Waals surface area contributed by atoms with Gasteiger partial charge in [-0.1, -0.05) is 18.2 Å². The number of ether oxygens (including phenoxy) is 2. The first-order valence-electron chi connectivity index (χ1n) is 8.84. The highest BCUT2D eigenvalue weighted by molar-refractivity contribution is 8.00. The van der Waals surface area contributed by atoms with Crippen molar-refractivity contribution in [1.82, 2.24) is 9.88 Å². The molecule has 2 aromatic carbocycles. The molecular weight excluding hydrogens is 360 g/mol. The van der Waals surface area contributed by atoms with Gasteiger partial charge in [-0.3, -0.25) is 4.79 Å². The number of fused-ring (bicyclic) bond motifs is 1. The van der Waals surface area contributed by atoms with Gasteiger partial charge in [0.15, 0.2) is 0 Å². The molecule has 1 N–H and O–H groups in total. The van der Waals surface area contributed by atoms with E-state index in [1.54, 1.807) is 26.0 Å². The van der Waals surface area contributed by atoms with Crippen LogP contribution in [0.25, 0.3) is 10.9 Å². The molecule has 1 saturated heterocycles. The molecule has 0 saturated carbocycles. The summed E-state index contributed by atoms with van der Waals surface area (Å²) in [5, 5.41) is 1.01. The van der Waals surface area contributed by atoms with Gasteiger partial charge in [0.1, 0.15) is 16.9 Å². The molecule has 2 heterocycles. The SMILES string of the molecule is COc1cccc(OC)c1C1SCC(=O)N1C(C)c1ccc2cc[nH]c2c1. The second-order valence-corrected chi connectivity index (χ2v) is 7.61. The van der Waals surface area contributed by atoms with Gasteiger partial charge in [0.05, 0.1) is 31.6 Å². The minimum atomic E-state index is -0.155. The maximum atomic E-state index is 12.8. The first-order chi connectivity index (χ1) is 13.1. The Bertz CT molecular complexity index is 962. The number of nitrogens with zero attached hydrogens (tertiary/aromatic N) is 1. The molecule has 1 aliphatic heterocycles. The minimum absolute atomic E-state index is 0.0696. The molecule has 5 nitrogen and oxygen atoms in total. The van der Waals surface area contributed by atoms with Gasteiger partial charge in [-0.2, -0.15) is 0 Å². The third-order valence-corrected chi connectivity index (χ3v) is 6.29. The lowest BCUT2D eigenvalue weighted by Crippen LogP contribution is -2.31. The lowest BCUT2D eigenvalue weighted by molar-refractivity contribution is -0.130. The number of nitrogens with one attached hydrogen (secondary N) is 1. The maximum absolute atomic E-state index is 12.8. The Morgan fingerprint density at radius 1 is 1.15 bits per heavy atom. The maximum Gasteiger partial charge on any atom is 0.234 e. The van der Waals surface area contributed by atoms with E-state index in [0.29, 0.717) is 5.75 Å². The van der Waals surface area contributed by atoms with Crippen molar-refractivity contribution in [3.63, 3.8) is 0 Å². The van der Waals surface area contributed by atoms with Crippen molar-refractivity contribution in [2.75, 3.05) is 20.0 Å². The zero-order valence-electron chi connectivity index (χ0n) is 15.6. The summed E-state index contributed by atoms with van der Waals surface area (Å²) >= 11 is 1.61. The van der Waals surface area contributed by atoms with Crippen LogP contribution in [0.15, 0.2) is 48.7 Å². The average molecular weight is 382 g/mol. The molecule has 27 heavy (non-hydrogen) atoms. The van der Waals surface area contributed by atoms with Crippen molar-refractivity contribution < 1.29 is 14.3 Å². The zero-order valence-corrected chi connectivity index (χ0v) is 16.4. The van der Waals surface area contributed by atoms with Crippen LogP contribution in [0.5, 0.6) is 11.5 Å². The fourth-order valence-electron chi connectivity index (χ4n) is 3.69. The average Bonchev–Trinajstić information content (AvgIpc) is 3.32. The number of rotatable bonds is 5. The fraction of sp³-hybridized carbons (Fsp3) is 0.286. The summed E-state index contributed by atoms with van der Waals surface area (Å²) in [5.41, 5.74) is 3.08. The fourth-order valence-corrected chi connectivity index (χ4v) is 5.00. The van der Waals surface area contributed by atoms with E-state index in [2.05, 4.69) is 30.1 Å². The Balaban J connectivity index is 1.75. The number of methoxy groups -OCH3 is 2. The first-order valence-corrected chi connectivity index (χ1v) is 9.89. The number of aromatic nitrogens is 1. The molecule has 1 amide bonds. The van der Waals surface area contributed by atoms with E-state index in [9.17, 15) is 4.79 Å². The van der Waals surface area contributed by atoms with Crippen molar-refractivity contribution >= 4 is 28.6 Å². The monoisotopic (exact) mass is 382 g/mol. The van der Waals surface area contributed by atoms with Crippen LogP contribution in [-0.2, 0) is 4.79 Å². The molecule has 1 aromatic heterocycles. The Kier molecular flexibility index (Phi) is 4.74. The molecule has 6 heteroatoms. The van der Waals surface area contributed by atoms with Crippen molar-refractivity contribution in [3.8, 4) is 11.5 Å². The van der Waals surface area contributed by atoms with E-state index in [4.69, 9.17) is 9.47 Å². The van der Waals surface area contributed by atoms with Crippen molar-refractivity contribution in [1.29, 1.82) is 0 Å². The minimum Gasteiger partial charge on any atom is -0.496 e. The molecule has 2 unspecified atom stereocenters. The van der Waals surface area contributed by atoms with Crippen LogP contribution in [0.3, 0.4) is 0 Å². The van der Waals surface area contributed by atoms with E-state index < -0.39 is 0 Å². The normalized spacial score (nSPS) is 18.1. The smallest absolute Gasteiger partial charge is 0.234 e. The van der Waals surface area contributed by atoms with Gasteiger partial charge >= 0.3 is 0 Å². The number of amides is 1. The standard InChI is InChI=1S/C21H22N2O3S/c1-13(15-8-7-14-9-10-22-16(14)11-15)23-19(24)12-27-21(23)20-17(25-2)5-4-6-18(20)26-3/h4-11,13,21-22H,12H2,1-3H3. The van der Waals surface area contributed by atoms with Gasteiger partial charge in [0.25, 0.3) is 0 Å². The zero-order chi connectivity index (χ0) is 19.0. The number of aromatic amines is 1.